The van der Waals surface area contributed by atoms with Gasteiger partial charge < -0.3 is 0 Å². The van der Waals surface area contributed by atoms with Crippen LogP contribution in [-0.4, -0.2) is 7.28 Å². The fourth-order valence-electron chi connectivity index (χ4n) is 0.811. The van der Waals surface area contributed by atoms with Crippen molar-refractivity contribution in [3.8, 4) is 0 Å². The molecule has 0 heterocycles. The van der Waals surface area contributed by atoms with Crippen LogP contribution in [0.5, 0.6) is 0 Å². The molecule has 0 aliphatic heterocycles. The quantitative estimate of drug-likeness (QED) is 0.508. The van der Waals surface area contributed by atoms with E-state index in [1.165, 1.54) is 6.42 Å². The zero-order valence-electron chi connectivity index (χ0n) is 7.36. The Morgan fingerprint density at radius 3 is 2.00 bits per heavy atom. The Morgan fingerprint density at radius 2 is 1.89 bits per heavy atom. The molecule has 0 fully saturated rings. The molecule has 0 N–H and O–H groups in total. The molecule has 0 amide bonds. The molecule has 1 radical (unpaired) electrons. The van der Waals surface area contributed by atoms with Crippen LogP contribution >= 0.6 is 0 Å². The summed E-state index contributed by atoms with van der Waals surface area (Å²) in [6.07, 6.45) is 1.28. The average Bonchev–Trinajstić information content (AvgIpc) is 1.86. The molecule has 0 rings (SSSR count). The van der Waals surface area contributed by atoms with Crippen molar-refractivity contribution in [3.05, 3.63) is 0 Å². The van der Waals surface area contributed by atoms with Crippen LogP contribution in [-0.2, 0) is 0 Å². The zero-order chi connectivity index (χ0) is 7.49. The Morgan fingerprint density at radius 1 is 1.44 bits per heavy atom. The van der Waals surface area contributed by atoms with Crippen LogP contribution in [0.15, 0.2) is 0 Å². The molecule has 0 nitrogen and oxygen atoms in total. The molecule has 0 aliphatic carbocycles. The first-order valence-electron chi connectivity index (χ1n) is 3.85. The molecule has 0 aliphatic rings. The number of rotatable bonds is 3. The summed E-state index contributed by atoms with van der Waals surface area (Å²) >= 11 is 0. The molecule has 0 aromatic rings. The van der Waals surface area contributed by atoms with Gasteiger partial charge in [0.05, 0.1) is 0 Å². The summed E-state index contributed by atoms with van der Waals surface area (Å²) in [5, 5.41) is 0.425. The zero-order valence-corrected chi connectivity index (χ0v) is 7.36. The maximum atomic E-state index is 2.31. The Kier molecular flexibility index (Phi) is 3.31. The second-order valence-electron chi connectivity index (χ2n) is 3.42. The van der Waals surface area contributed by atoms with E-state index in [-0.39, 0.29) is 0 Å². The molecular formula is C8H18B. The lowest BCUT2D eigenvalue weighted by atomic mass is 9.50. The van der Waals surface area contributed by atoms with Crippen LogP contribution in [0.2, 0.25) is 12.1 Å². The minimum Gasteiger partial charge on any atom is -0.0914 e. The van der Waals surface area contributed by atoms with Gasteiger partial charge in [-0.15, -0.1) is 0 Å². The first kappa shape index (κ1) is 9.06. The SMILES string of the molecule is C[B]C(C)(C)C(C)CC. The van der Waals surface area contributed by atoms with E-state index in [9.17, 15) is 0 Å². The topological polar surface area (TPSA) is 0 Å². The van der Waals surface area contributed by atoms with Gasteiger partial charge in [-0.2, -0.15) is 0 Å². The molecule has 53 valence electrons. The summed E-state index contributed by atoms with van der Waals surface area (Å²) in [7, 11) is 2.29. The second kappa shape index (κ2) is 3.29. The van der Waals surface area contributed by atoms with Gasteiger partial charge in [-0.05, 0) is 5.92 Å². The van der Waals surface area contributed by atoms with Crippen molar-refractivity contribution in [1.82, 2.24) is 0 Å². The van der Waals surface area contributed by atoms with E-state index in [0.717, 1.165) is 5.92 Å². The smallest absolute Gasteiger partial charge is 0.0914 e. The third-order valence-corrected chi connectivity index (χ3v) is 2.63. The summed E-state index contributed by atoms with van der Waals surface area (Å²) < 4.78 is 0. The molecule has 0 saturated heterocycles. The first-order valence-corrected chi connectivity index (χ1v) is 3.85. The number of hydrogen-bond acceptors (Lipinski definition) is 0. The van der Waals surface area contributed by atoms with Gasteiger partial charge in [0.2, 0.25) is 0 Å². The molecule has 9 heavy (non-hydrogen) atoms. The van der Waals surface area contributed by atoms with Gasteiger partial charge in [0.25, 0.3) is 0 Å². The standard InChI is InChI=1S/C8H18B/c1-6-7(2)8(3,4)9-5/h7H,6H2,1-5H3. The minimum atomic E-state index is 0.425. The summed E-state index contributed by atoms with van der Waals surface area (Å²) in [5.74, 6) is 0.808. The fraction of sp³-hybridized carbons (Fsp3) is 1.00. The third-order valence-electron chi connectivity index (χ3n) is 2.63. The third kappa shape index (κ3) is 2.42. The van der Waals surface area contributed by atoms with Crippen LogP contribution in [0.25, 0.3) is 0 Å². The highest BCUT2D eigenvalue weighted by molar-refractivity contribution is 6.37. The Labute approximate surface area is 60.3 Å². The Bertz CT molecular complexity index is 76.6. The maximum absolute atomic E-state index is 2.31. The van der Waals surface area contributed by atoms with Gasteiger partial charge >= 0.3 is 0 Å². The highest BCUT2D eigenvalue weighted by atomic mass is 14.2. The lowest BCUT2D eigenvalue weighted by molar-refractivity contribution is 0.424. The largest absolute Gasteiger partial charge is 0.114 e. The van der Waals surface area contributed by atoms with E-state index in [4.69, 9.17) is 0 Å². The van der Waals surface area contributed by atoms with Crippen molar-refractivity contribution in [2.75, 3.05) is 0 Å². The summed E-state index contributed by atoms with van der Waals surface area (Å²) in [5.41, 5.74) is 0. The first-order chi connectivity index (χ1) is 4.04. The van der Waals surface area contributed by atoms with E-state index in [1.807, 2.05) is 0 Å². The van der Waals surface area contributed by atoms with Gasteiger partial charge in [0.15, 0.2) is 0 Å². The van der Waals surface area contributed by atoms with Crippen molar-refractivity contribution in [1.29, 1.82) is 0 Å². The molecule has 1 atom stereocenters. The monoisotopic (exact) mass is 125 g/mol. The lowest BCUT2D eigenvalue weighted by Gasteiger charge is -2.29. The van der Waals surface area contributed by atoms with Crippen molar-refractivity contribution in [2.45, 2.75) is 46.3 Å². The fourth-order valence-corrected chi connectivity index (χ4v) is 0.811. The van der Waals surface area contributed by atoms with Crippen LogP contribution < -0.4 is 0 Å². The van der Waals surface area contributed by atoms with E-state index < -0.39 is 0 Å². The molecule has 0 aromatic carbocycles. The van der Waals surface area contributed by atoms with E-state index >= 15 is 0 Å². The molecule has 0 aromatic heterocycles. The van der Waals surface area contributed by atoms with Crippen LogP contribution in [0.1, 0.15) is 34.1 Å². The van der Waals surface area contributed by atoms with Crippen LogP contribution in [0.3, 0.4) is 0 Å². The van der Waals surface area contributed by atoms with Gasteiger partial charge in [0, 0.05) is 0 Å². The van der Waals surface area contributed by atoms with Gasteiger partial charge in [-0.25, -0.2) is 0 Å². The molecule has 0 saturated carbocycles. The summed E-state index contributed by atoms with van der Waals surface area (Å²) in [6, 6.07) is 0. The van der Waals surface area contributed by atoms with Crippen molar-refractivity contribution >= 4 is 7.28 Å². The van der Waals surface area contributed by atoms with E-state index in [1.54, 1.807) is 0 Å². The normalized spacial score (nSPS) is 15.2. The molecule has 1 heteroatoms. The molecule has 1 unspecified atom stereocenters. The van der Waals surface area contributed by atoms with Gasteiger partial charge in [0.1, 0.15) is 7.28 Å². The van der Waals surface area contributed by atoms with Crippen molar-refractivity contribution in [2.24, 2.45) is 5.92 Å². The minimum absolute atomic E-state index is 0.425. The molecule has 0 bridgehead atoms. The highest BCUT2D eigenvalue weighted by Crippen LogP contribution is 2.34. The van der Waals surface area contributed by atoms with Gasteiger partial charge in [-0.1, -0.05) is 46.3 Å². The second-order valence-corrected chi connectivity index (χ2v) is 3.42. The Balaban J connectivity index is 3.80. The molecular weight excluding hydrogens is 107 g/mol. The lowest BCUT2D eigenvalue weighted by Crippen LogP contribution is -2.18. The van der Waals surface area contributed by atoms with Crippen LogP contribution in [0.4, 0.5) is 0 Å². The van der Waals surface area contributed by atoms with Crippen molar-refractivity contribution in [3.63, 3.8) is 0 Å². The van der Waals surface area contributed by atoms with Crippen molar-refractivity contribution < 1.29 is 0 Å². The summed E-state index contributed by atoms with van der Waals surface area (Å²) in [6.45, 7) is 11.3. The molecule has 0 spiro atoms. The average molecular weight is 125 g/mol. The van der Waals surface area contributed by atoms with Crippen LogP contribution in [0, 0.1) is 5.92 Å². The maximum Gasteiger partial charge on any atom is 0.114 e. The van der Waals surface area contributed by atoms with Gasteiger partial charge in [-0.3, -0.25) is 0 Å². The predicted octanol–water partition coefficient (Wildman–Crippen LogP) is 2.98. The van der Waals surface area contributed by atoms with E-state index in [0.29, 0.717) is 5.31 Å². The summed E-state index contributed by atoms with van der Waals surface area (Å²) in [4.78, 5) is 0. The predicted molar refractivity (Wildman–Crippen MR) is 45.1 cm³/mol. The Hall–Kier alpha value is 0.0649. The highest BCUT2D eigenvalue weighted by Gasteiger charge is 2.21. The van der Waals surface area contributed by atoms with E-state index in [2.05, 4.69) is 41.8 Å². The number of hydrogen-bond donors (Lipinski definition) is 0.